The summed E-state index contributed by atoms with van der Waals surface area (Å²) < 4.78 is 13.6. The molecule has 0 radical (unpaired) electrons. The van der Waals surface area contributed by atoms with Gasteiger partial charge in [-0.15, -0.1) is 0 Å². The van der Waals surface area contributed by atoms with Gasteiger partial charge in [0.1, 0.15) is 5.67 Å². The third kappa shape index (κ3) is 2.55. The highest BCUT2D eigenvalue weighted by molar-refractivity contribution is 5.30. The van der Waals surface area contributed by atoms with E-state index in [0.717, 1.165) is 5.56 Å². The minimum absolute atomic E-state index is 0.595. The SMILES string of the molecule is CC(C)(O)c1cccc(C(C)(C)F)c1. The zero-order valence-electron chi connectivity index (χ0n) is 9.13. The fourth-order valence-electron chi connectivity index (χ4n) is 1.27. The van der Waals surface area contributed by atoms with Crippen molar-refractivity contribution in [1.29, 1.82) is 0 Å². The molecule has 1 nitrogen and oxygen atoms in total. The highest BCUT2D eigenvalue weighted by Gasteiger charge is 2.22. The molecule has 14 heavy (non-hydrogen) atoms. The summed E-state index contributed by atoms with van der Waals surface area (Å²) in [7, 11) is 0. The standard InChI is InChI=1S/C12H17FO/c1-11(2,13)9-6-5-7-10(8-9)12(3,4)14/h5-8,14H,1-4H3. The van der Waals surface area contributed by atoms with Crippen molar-refractivity contribution in [2.24, 2.45) is 0 Å². The van der Waals surface area contributed by atoms with Crippen molar-refractivity contribution < 1.29 is 9.50 Å². The van der Waals surface area contributed by atoms with Crippen LogP contribution in [-0.4, -0.2) is 5.11 Å². The molecule has 1 aromatic rings. The number of hydrogen-bond acceptors (Lipinski definition) is 1. The first kappa shape index (κ1) is 11.2. The van der Waals surface area contributed by atoms with Gasteiger partial charge in [0.2, 0.25) is 0 Å². The smallest absolute Gasteiger partial charge is 0.130 e. The van der Waals surface area contributed by atoms with Crippen LogP contribution in [0, 0.1) is 0 Å². The number of benzene rings is 1. The fourth-order valence-corrected chi connectivity index (χ4v) is 1.27. The Kier molecular flexibility index (Phi) is 2.68. The van der Waals surface area contributed by atoms with E-state index < -0.39 is 11.3 Å². The molecule has 0 heterocycles. The van der Waals surface area contributed by atoms with Crippen molar-refractivity contribution in [1.82, 2.24) is 0 Å². The van der Waals surface area contributed by atoms with E-state index in [1.165, 1.54) is 13.8 Å². The summed E-state index contributed by atoms with van der Waals surface area (Å²) in [5.41, 5.74) is -0.944. The topological polar surface area (TPSA) is 20.2 Å². The van der Waals surface area contributed by atoms with Crippen LogP contribution >= 0.6 is 0 Å². The molecule has 78 valence electrons. The Bertz CT molecular complexity index is 289. The molecule has 1 N–H and O–H groups in total. The molecule has 0 saturated carbocycles. The van der Waals surface area contributed by atoms with E-state index in [4.69, 9.17) is 0 Å². The first-order chi connectivity index (χ1) is 6.21. The lowest BCUT2D eigenvalue weighted by Gasteiger charge is -2.21. The lowest BCUT2D eigenvalue weighted by Crippen LogP contribution is -2.17. The van der Waals surface area contributed by atoms with E-state index in [9.17, 15) is 9.50 Å². The normalized spacial score (nSPS) is 13.0. The Morgan fingerprint density at radius 1 is 1.07 bits per heavy atom. The van der Waals surface area contributed by atoms with E-state index in [-0.39, 0.29) is 0 Å². The second-order valence-electron chi connectivity index (χ2n) is 4.61. The largest absolute Gasteiger partial charge is 0.386 e. The van der Waals surface area contributed by atoms with Gasteiger partial charge < -0.3 is 5.11 Å². The number of aliphatic hydroxyl groups is 1. The minimum atomic E-state index is -1.36. The quantitative estimate of drug-likeness (QED) is 0.770. The van der Waals surface area contributed by atoms with Crippen molar-refractivity contribution in [2.45, 2.75) is 39.0 Å². The number of alkyl halides is 1. The molecule has 0 fully saturated rings. The summed E-state index contributed by atoms with van der Waals surface area (Å²) in [4.78, 5) is 0. The monoisotopic (exact) mass is 196 g/mol. The van der Waals surface area contributed by atoms with Crippen LogP contribution in [0.25, 0.3) is 0 Å². The van der Waals surface area contributed by atoms with Gasteiger partial charge >= 0.3 is 0 Å². The van der Waals surface area contributed by atoms with Crippen molar-refractivity contribution in [3.8, 4) is 0 Å². The van der Waals surface area contributed by atoms with Gasteiger partial charge in [0.15, 0.2) is 0 Å². The molecule has 0 aliphatic heterocycles. The molecule has 2 heteroatoms. The third-order valence-electron chi connectivity index (χ3n) is 2.26. The van der Waals surface area contributed by atoms with E-state index in [1.807, 2.05) is 0 Å². The van der Waals surface area contributed by atoms with E-state index in [0.29, 0.717) is 5.56 Å². The van der Waals surface area contributed by atoms with Crippen LogP contribution < -0.4 is 0 Å². The Labute approximate surface area is 84.6 Å². The molecular weight excluding hydrogens is 179 g/mol. The fraction of sp³-hybridized carbons (Fsp3) is 0.500. The summed E-state index contributed by atoms with van der Waals surface area (Å²) >= 11 is 0. The summed E-state index contributed by atoms with van der Waals surface area (Å²) in [6.45, 7) is 6.40. The molecule has 0 saturated heterocycles. The average Bonchev–Trinajstić information content (AvgIpc) is 2.01. The zero-order chi connectivity index (χ0) is 11.0. The maximum Gasteiger partial charge on any atom is 0.130 e. The Balaban J connectivity index is 3.15. The molecule has 0 spiro atoms. The van der Waals surface area contributed by atoms with Crippen molar-refractivity contribution in [3.05, 3.63) is 35.4 Å². The molecule has 0 atom stereocenters. The highest BCUT2D eigenvalue weighted by Crippen LogP contribution is 2.28. The van der Waals surface area contributed by atoms with Gasteiger partial charge in [0.25, 0.3) is 0 Å². The van der Waals surface area contributed by atoms with Gasteiger partial charge in [0, 0.05) is 0 Å². The molecular formula is C12H17FO. The van der Waals surface area contributed by atoms with Gasteiger partial charge in [-0.2, -0.15) is 0 Å². The molecule has 0 aliphatic carbocycles. The Morgan fingerprint density at radius 2 is 1.57 bits per heavy atom. The van der Waals surface area contributed by atoms with Crippen molar-refractivity contribution >= 4 is 0 Å². The van der Waals surface area contributed by atoms with Crippen LogP contribution in [0.4, 0.5) is 4.39 Å². The van der Waals surface area contributed by atoms with Gasteiger partial charge in [-0.1, -0.05) is 18.2 Å². The molecule has 0 unspecified atom stereocenters. The molecule has 1 aromatic carbocycles. The first-order valence-corrected chi connectivity index (χ1v) is 4.73. The van der Waals surface area contributed by atoms with E-state index in [1.54, 1.807) is 38.1 Å². The second-order valence-corrected chi connectivity index (χ2v) is 4.61. The van der Waals surface area contributed by atoms with Gasteiger partial charge in [-0.25, -0.2) is 4.39 Å². The van der Waals surface area contributed by atoms with Gasteiger partial charge in [0.05, 0.1) is 5.60 Å². The predicted octanol–water partition coefficient (Wildman–Crippen LogP) is 3.12. The van der Waals surface area contributed by atoms with Crippen LogP contribution in [0.1, 0.15) is 38.8 Å². The van der Waals surface area contributed by atoms with Gasteiger partial charge in [-0.3, -0.25) is 0 Å². The van der Waals surface area contributed by atoms with Crippen LogP contribution in [0.5, 0.6) is 0 Å². The summed E-state index contributed by atoms with van der Waals surface area (Å²) in [5.74, 6) is 0. The molecule has 0 amide bonds. The Morgan fingerprint density at radius 3 is 2.00 bits per heavy atom. The summed E-state index contributed by atoms with van der Waals surface area (Å²) in [6, 6.07) is 7.01. The van der Waals surface area contributed by atoms with E-state index >= 15 is 0 Å². The molecule has 0 bridgehead atoms. The lowest BCUT2D eigenvalue weighted by molar-refractivity contribution is 0.0782. The highest BCUT2D eigenvalue weighted by atomic mass is 19.1. The summed E-state index contributed by atoms with van der Waals surface area (Å²) in [6.07, 6.45) is 0. The first-order valence-electron chi connectivity index (χ1n) is 4.73. The van der Waals surface area contributed by atoms with Crippen LogP contribution in [0.3, 0.4) is 0 Å². The maximum atomic E-state index is 13.6. The predicted molar refractivity (Wildman–Crippen MR) is 55.8 cm³/mol. The van der Waals surface area contributed by atoms with Gasteiger partial charge in [-0.05, 0) is 44.9 Å². The average molecular weight is 196 g/mol. The Hall–Kier alpha value is -0.890. The number of halogens is 1. The number of rotatable bonds is 2. The molecule has 0 aliphatic rings. The van der Waals surface area contributed by atoms with Crippen LogP contribution in [0.2, 0.25) is 0 Å². The second kappa shape index (κ2) is 3.35. The van der Waals surface area contributed by atoms with Crippen LogP contribution in [0.15, 0.2) is 24.3 Å². The molecule has 1 rings (SSSR count). The number of hydrogen-bond donors (Lipinski definition) is 1. The lowest BCUT2D eigenvalue weighted by atomic mass is 9.92. The zero-order valence-corrected chi connectivity index (χ0v) is 9.13. The third-order valence-corrected chi connectivity index (χ3v) is 2.26. The van der Waals surface area contributed by atoms with E-state index in [2.05, 4.69) is 0 Å². The summed E-state index contributed by atoms with van der Waals surface area (Å²) in [5, 5.41) is 9.76. The molecule has 0 aromatic heterocycles. The maximum absolute atomic E-state index is 13.6. The minimum Gasteiger partial charge on any atom is -0.386 e. The van der Waals surface area contributed by atoms with Crippen molar-refractivity contribution in [3.63, 3.8) is 0 Å². The van der Waals surface area contributed by atoms with Crippen molar-refractivity contribution in [2.75, 3.05) is 0 Å². The van der Waals surface area contributed by atoms with Crippen LogP contribution in [-0.2, 0) is 11.3 Å².